The first-order valence-electron chi connectivity index (χ1n) is 2.71. The van der Waals surface area contributed by atoms with Gasteiger partial charge in [-0.1, -0.05) is 6.07 Å². The van der Waals surface area contributed by atoms with Gasteiger partial charge in [0, 0.05) is 0 Å². The van der Waals surface area contributed by atoms with E-state index in [1.165, 1.54) is 0 Å². The molecule has 0 bridgehead atoms. The Morgan fingerprint density at radius 2 is 1.91 bits per heavy atom. The third-order valence-electron chi connectivity index (χ3n) is 1.08. The van der Waals surface area contributed by atoms with E-state index in [4.69, 9.17) is 4.61 Å². The highest BCUT2D eigenvalue weighted by Crippen LogP contribution is 2.44. The van der Waals surface area contributed by atoms with Crippen LogP contribution in [0.1, 0.15) is 0 Å². The molecular formula is C6H4F3NS. The van der Waals surface area contributed by atoms with E-state index in [-0.39, 0.29) is 0 Å². The summed E-state index contributed by atoms with van der Waals surface area (Å²) >= 11 is 0. The van der Waals surface area contributed by atoms with Gasteiger partial charge in [0.05, 0.1) is 4.90 Å². The highest BCUT2D eigenvalue weighted by molar-refractivity contribution is 8.12. The maximum atomic E-state index is 12.3. The first-order valence-corrected chi connectivity index (χ1v) is 4.10. The van der Waals surface area contributed by atoms with Crippen LogP contribution in [0.5, 0.6) is 0 Å². The second-order valence-electron chi connectivity index (χ2n) is 1.90. The van der Waals surface area contributed by atoms with Crippen molar-refractivity contribution in [3.8, 4) is 0 Å². The van der Waals surface area contributed by atoms with E-state index in [2.05, 4.69) is 0 Å². The predicted molar refractivity (Wildman–Crippen MR) is 36.2 cm³/mol. The van der Waals surface area contributed by atoms with Crippen LogP contribution in [-0.4, -0.2) is 0 Å². The SMILES string of the molecule is N#S(F)(F)c1cccc(F)c1. The molecule has 0 aliphatic carbocycles. The van der Waals surface area contributed by atoms with Gasteiger partial charge in [-0.2, -0.15) is 4.61 Å². The van der Waals surface area contributed by atoms with Gasteiger partial charge in [-0.25, -0.2) is 4.39 Å². The second-order valence-corrected chi connectivity index (χ2v) is 3.25. The van der Waals surface area contributed by atoms with Gasteiger partial charge < -0.3 is 0 Å². The summed E-state index contributed by atoms with van der Waals surface area (Å²) in [5, 5.41) is 0. The van der Waals surface area contributed by atoms with Crippen molar-refractivity contribution < 1.29 is 12.2 Å². The quantitative estimate of drug-likeness (QED) is 0.599. The molecule has 0 amide bonds. The Morgan fingerprint density at radius 3 is 2.27 bits per heavy atom. The average molecular weight is 179 g/mol. The van der Waals surface area contributed by atoms with Crippen molar-refractivity contribution >= 4 is 10.4 Å². The van der Waals surface area contributed by atoms with E-state index in [9.17, 15) is 12.2 Å². The second kappa shape index (κ2) is 2.60. The topological polar surface area (TPSA) is 23.8 Å². The standard InChI is InChI=1S/C6H4F3NS/c7-5-2-1-3-6(4-5)11(8,9)10/h1-4H. The molecule has 1 aromatic carbocycles. The number of hydrogen-bond acceptors (Lipinski definition) is 1. The Hall–Kier alpha value is -0.930. The van der Waals surface area contributed by atoms with Gasteiger partial charge >= 0.3 is 0 Å². The maximum absolute atomic E-state index is 12.3. The molecule has 0 saturated heterocycles. The fourth-order valence-electron chi connectivity index (χ4n) is 0.620. The largest absolute Gasteiger partial charge is 0.261 e. The molecule has 60 valence electrons. The van der Waals surface area contributed by atoms with Crippen LogP contribution in [0.25, 0.3) is 0 Å². The molecule has 0 aliphatic heterocycles. The Bertz CT molecular complexity index is 357. The molecule has 0 radical (unpaired) electrons. The van der Waals surface area contributed by atoms with Gasteiger partial charge in [0.1, 0.15) is 5.82 Å². The van der Waals surface area contributed by atoms with Crippen LogP contribution in [0.2, 0.25) is 0 Å². The van der Waals surface area contributed by atoms with E-state index in [0.29, 0.717) is 6.07 Å². The van der Waals surface area contributed by atoms with Crippen molar-refractivity contribution in [1.82, 2.24) is 0 Å². The highest BCUT2D eigenvalue weighted by atomic mass is 32.3. The summed E-state index contributed by atoms with van der Waals surface area (Å²) in [4.78, 5) is -0.655. The van der Waals surface area contributed by atoms with Crippen LogP contribution in [0.3, 0.4) is 0 Å². The predicted octanol–water partition coefficient (Wildman–Crippen LogP) is 3.24. The molecule has 1 rings (SSSR count). The Labute approximate surface area is 63.0 Å². The van der Waals surface area contributed by atoms with Crippen LogP contribution in [0.15, 0.2) is 29.2 Å². The third kappa shape index (κ3) is 2.00. The molecule has 1 aromatic rings. The first-order chi connectivity index (χ1) is 5.00. The lowest BCUT2D eigenvalue weighted by Crippen LogP contribution is -1.76. The molecule has 0 unspecified atom stereocenters. The monoisotopic (exact) mass is 179 g/mol. The number of halogens is 3. The lowest BCUT2D eigenvalue weighted by molar-refractivity contribution is 0.622. The number of benzene rings is 1. The summed E-state index contributed by atoms with van der Waals surface area (Å²) in [6.07, 6.45) is 0. The highest BCUT2D eigenvalue weighted by Gasteiger charge is 2.13. The van der Waals surface area contributed by atoms with Gasteiger partial charge in [0.25, 0.3) is 10.4 Å². The van der Waals surface area contributed by atoms with Crippen molar-refractivity contribution in [2.45, 2.75) is 4.90 Å². The fraction of sp³-hybridized carbons (Fsp3) is 0. The van der Waals surface area contributed by atoms with E-state index in [0.717, 1.165) is 18.2 Å². The molecule has 11 heavy (non-hydrogen) atoms. The lowest BCUT2D eigenvalue weighted by Gasteiger charge is -1.97. The normalized spacial score (nSPS) is 11.5. The van der Waals surface area contributed by atoms with Gasteiger partial charge in [-0.3, -0.25) is 0 Å². The van der Waals surface area contributed by atoms with Crippen molar-refractivity contribution in [2.24, 2.45) is 0 Å². The summed E-state index contributed by atoms with van der Waals surface area (Å²) in [6.45, 7) is 0. The van der Waals surface area contributed by atoms with Crippen LogP contribution in [0, 0.1) is 10.4 Å². The van der Waals surface area contributed by atoms with E-state index >= 15 is 0 Å². The zero-order valence-electron chi connectivity index (χ0n) is 5.30. The molecular weight excluding hydrogens is 175 g/mol. The fourth-order valence-corrected chi connectivity index (χ4v) is 1.12. The molecule has 0 atom stereocenters. The van der Waals surface area contributed by atoms with Gasteiger partial charge in [0.15, 0.2) is 0 Å². The zero-order valence-corrected chi connectivity index (χ0v) is 6.12. The Balaban J connectivity index is 3.20. The summed E-state index contributed by atoms with van der Waals surface area (Å²) in [5.41, 5.74) is 0. The average Bonchev–Trinajstić information content (AvgIpc) is 1.86. The van der Waals surface area contributed by atoms with Crippen LogP contribution < -0.4 is 0 Å². The van der Waals surface area contributed by atoms with E-state index < -0.39 is 21.1 Å². The molecule has 1 nitrogen and oxygen atoms in total. The minimum absolute atomic E-state index is 0.620. The van der Waals surface area contributed by atoms with Crippen molar-refractivity contribution in [1.29, 1.82) is 4.61 Å². The first kappa shape index (κ1) is 8.17. The minimum Gasteiger partial charge on any atom is -0.207 e. The zero-order chi connectivity index (χ0) is 8.48. The molecule has 0 spiro atoms. The smallest absolute Gasteiger partial charge is 0.207 e. The maximum Gasteiger partial charge on any atom is 0.261 e. The summed E-state index contributed by atoms with van der Waals surface area (Å²) in [7, 11) is -4.77. The number of hydrogen-bond donors (Lipinski definition) is 0. The van der Waals surface area contributed by atoms with Crippen molar-refractivity contribution in [2.75, 3.05) is 0 Å². The van der Waals surface area contributed by atoms with Crippen LogP contribution in [-0.2, 0) is 0 Å². The molecule has 0 heterocycles. The summed E-state index contributed by atoms with van der Waals surface area (Å²) < 4.78 is 44.7. The molecule has 0 N–H and O–H groups in total. The van der Waals surface area contributed by atoms with Gasteiger partial charge in [0.2, 0.25) is 0 Å². The minimum atomic E-state index is -4.77. The number of nitrogens with zero attached hydrogens (tertiary/aromatic N) is 1. The van der Waals surface area contributed by atoms with Crippen molar-refractivity contribution in [3.05, 3.63) is 30.1 Å². The van der Waals surface area contributed by atoms with E-state index in [1.54, 1.807) is 0 Å². The number of rotatable bonds is 0. The molecule has 0 fully saturated rings. The third-order valence-corrected chi connectivity index (χ3v) is 1.90. The Kier molecular flexibility index (Phi) is 1.93. The van der Waals surface area contributed by atoms with Crippen LogP contribution >= 0.6 is 10.4 Å². The molecule has 5 heteroatoms. The van der Waals surface area contributed by atoms with Crippen molar-refractivity contribution in [3.63, 3.8) is 0 Å². The van der Waals surface area contributed by atoms with Crippen LogP contribution in [0.4, 0.5) is 12.2 Å². The molecule has 0 saturated carbocycles. The van der Waals surface area contributed by atoms with Gasteiger partial charge in [-0.15, -0.1) is 7.77 Å². The van der Waals surface area contributed by atoms with E-state index in [1.807, 2.05) is 0 Å². The molecule has 0 aromatic heterocycles. The lowest BCUT2D eigenvalue weighted by atomic mass is 10.4. The molecule has 0 aliphatic rings. The Morgan fingerprint density at radius 1 is 1.27 bits per heavy atom. The summed E-state index contributed by atoms with van der Waals surface area (Å²) in [6, 6.07) is 3.77. The van der Waals surface area contributed by atoms with Gasteiger partial charge in [-0.05, 0) is 18.2 Å². The summed E-state index contributed by atoms with van der Waals surface area (Å²) in [5.74, 6) is -0.774.